The Morgan fingerprint density at radius 1 is 1.11 bits per heavy atom. The Morgan fingerprint density at radius 2 is 1.96 bits per heavy atom. The molecule has 1 N–H and O–H groups in total. The highest BCUT2D eigenvalue weighted by molar-refractivity contribution is 5.85. The van der Waals surface area contributed by atoms with Crippen LogP contribution in [0.2, 0.25) is 0 Å². The van der Waals surface area contributed by atoms with E-state index in [0.29, 0.717) is 29.2 Å². The minimum atomic E-state index is 0.435. The number of para-hydroxylation sites is 2. The number of nitrogens with zero attached hydrogens (tertiary/aromatic N) is 7. The minimum Gasteiger partial charge on any atom is -0.364 e. The molecule has 136 valence electrons. The van der Waals surface area contributed by atoms with Crippen molar-refractivity contribution in [3.63, 3.8) is 0 Å². The first-order chi connectivity index (χ1) is 13.7. The lowest BCUT2D eigenvalue weighted by Gasteiger charge is -2.11. The second kappa shape index (κ2) is 6.03. The second-order valence-corrected chi connectivity index (χ2v) is 6.67. The molecular formula is C20H16N8. The first-order valence-corrected chi connectivity index (χ1v) is 8.88. The maximum absolute atomic E-state index is 9.60. The summed E-state index contributed by atoms with van der Waals surface area (Å²) < 4.78 is 3.71. The maximum atomic E-state index is 9.60. The molecule has 1 aromatic carbocycles. The third kappa shape index (κ3) is 2.37. The molecule has 0 aliphatic rings. The normalized spacial score (nSPS) is 11.3. The van der Waals surface area contributed by atoms with Gasteiger partial charge in [-0.2, -0.15) is 14.9 Å². The lowest BCUT2D eigenvalue weighted by molar-refractivity contribution is 0.810. The molecule has 5 rings (SSSR count). The lowest BCUT2D eigenvalue weighted by Crippen LogP contribution is -2.10. The molecule has 0 unspecified atom stereocenters. The average Bonchev–Trinajstić information content (AvgIpc) is 3.27. The first kappa shape index (κ1) is 16.2. The summed E-state index contributed by atoms with van der Waals surface area (Å²) >= 11 is 0. The Hall–Kier alpha value is -3.99. The van der Waals surface area contributed by atoms with E-state index in [1.54, 1.807) is 4.52 Å². The van der Waals surface area contributed by atoms with Crippen molar-refractivity contribution >= 4 is 28.1 Å². The van der Waals surface area contributed by atoms with Gasteiger partial charge in [0.15, 0.2) is 17.1 Å². The van der Waals surface area contributed by atoms with E-state index in [1.807, 2.05) is 60.7 Å². The van der Waals surface area contributed by atoms with Crippen LogP contribution >= 0.6 is 0 Å². The number of fused-ring (bicyclic) bond motifs is 4. The summed E-state index contributed by atoms with van der Waals surface area (Å²) in [6.07, 6.45) is 0. The summed E-state index contributed by atoms with van der Waals surface area (Å²) in [6.45, 7) is 4.28. The summed E-state index contributed by atoms with van der Waals surface area (Å²) in [5, 5.41) is 25.9. The van der Waals surface area contributed by atoms with Crippen LogP contribution in [0.15, 0.2) is 42.5 Å². The summed E-state index contributed by atoms with van der Waals surface area (Å²) in [6, 6.07) is 15.9. The number of pyridine rings is 1. The first-order valence-electron chi connectivity index (χ1n) is 8.88. The van der Waals surface area contributed by atoms with Gasteiger partial charge in [-0.1, -0.05) is 12.1 Å². The van der Waals surface area contributed by atoms with Crippen molar-refractivity contribution in [1.29, 1.82) is 5.26 Å². The Morgan fingerprint density at radius 3 is 2.82 bits per heavy atom. The van der Waals surface area contributed by atoms with E-state index in [-0.39, 0.29) is 0 Å². The van der Waals surface area contributed by atoms with Crippen molar-refractivity contribution in [3.8, 4) is 6.07 Å². The van der Waals surface area contributed by atoms with Gasteiger partial charge in [-0.15, -0.1) is 10.2 Å². The Balaban J connectivity index is 1.64. The van der Waals surface area contributed by atoms with Gasteiger partial charge in [-0.05, 0) is 49.7 Å². The van der Waals surface area contributed by atoms with Crippen LogP contribution in [0.4, 0.5) is 5.82 Å². The number of aromatic nitrogens is 6. The van der Waals surface area contributed by atoms with E-state index in [9.17, 15) is 5.26 Å². The molecule has 0 aliphatic carbocycles. The van der Waals surface area contributed by atoms with Crippen LogP contribution < -0.4 is 5.32 Å². The number of hydrogen-bond acceptors (Lipinski definition) is 6. The predicted octanol–water partition coefficient (Wildman–Crippen LogP) is 3.03. The van der Waals surface area contributed by atoms with Gasteiger partial charge >= 0.3 is 0 Å². The standard InChI is InChI=1S/C20H16N8/c1-12-9-18(22-11-19-25-24-17-8-7-13(2)26-28(17)19)27-16-6-4-3-5-15(16)23-20(27)14(12)10-21/h3-9,22H,11H2,1-2H3. The van der Waals surface area contributed by atoms with Gasteiger partial charge in [0.2, 0.25) is 0 Å². The minimum absolute atomic E-state index is 0.435. The molecule has 28 heavy (non-hydrogen) atoms. The molecule has 0 saturated heterocycles. The fourth-order valence-electron chi connectivity index (χ4n) is 3.43. The van der Waals surface area contributed by atoms with Crippen molar-refractivity contribution in [2.75, 3.05) is 5.32 Å². The second-order valence-electron chi connectivity index (χ2n) is 6.67. The van der Waals surface area contributed by atoms with Crippen LogP contribution in [-0.4, -0.2) is 29.2 Å². The number of hydrogen-bond donors (Lipinski definition) is 1. The molecule has 0 amide bonds. The summed E-state index contributed by atoms with van der Waals surface area (Å²) in [7, 11) is 0. The molecule has 8 heteroatoms. The number of imidazole rings is 1. The van der Waals surface area contributed by atoms with Crippen LogP contribution in [0.3, 0.4) is 0 Å². The topological polar surface area (TPSA) is 96.2 Å². The van der Waals surface area contributed by atoms with Crippen LogP contribution in [0.1, 0.15) is 22.6 Å². The number of rotatable bonds is 3. The Kier molecular flexibility index (Phi) is 3.49. The molecule has 0 spiro atoms. The molecule has 4 aromatic heterocycles. The molecule has 0 bridgehead atoms. The molecule has 0 atom stereocenters. The van der Waals surface area contributed by atoms with Crippen molar-refractivity contribution in [3.05, 3.63) is 65.1 Å². The van der Waals surface area contributed by atoms with E-state index in [4.69, 9.17) is 0 Å². The van der Waals surface area contributed by atoms with Gasteiger partial charge in [0.1, 0.15) is 11.9 Å². The third-order valence-electron chi connectivity index (χ3n) is 4.77. The molecular weight excluding hydrogens is 352 g/mol. The largest absolute Gasteiger partial charge is 0.364 e. The van der Waals surface area contributed by atoms with E-state index >= 15 is 0 Å². The number of nitrogens with one attached hydrogen (secondary N) is 1. The zero-order chi connectivity index (χ0) is 19.3. The van der Waals surface area contributed by atoms with Gasteiger partial charge in [-0.25, -0.2) is 4.98 Å². The molecule has 4 heterocycles. The summed E-state index contributed by atoms with van der Waals surface area (Å²) in [5.74, 6) is 1.54. The average molecular weight is 368 g/mol. The van der Waals surface area contributed by atoms with Gasteiger partial charge in [0, 0.05) is 0 Å². The lowest BCUT2D eigenvalue weighted by atomic mass is 10.1. The summed E-state index contributed by atoms with van der Waals surface area (Å²) in [4.78, 5) is 4.67. The Labute approximate surface area is 160 Å². The number of aryl methyl sites for hydroxylation is 2. The van der Waals surface area contributed by atoms with E-state index in [0.717, 1.165) is 28.1 Å². The maximum Gasteiger partial charge on any atom is 0.177 e. The highest BCUT2D eigenvalue weighted by Gasteiger charge is 2.15. The molecule has 8 nitrogen and oxygen atoms in total. The van der Waals surface area contributed by atoms with Crippen molar-refractivity contribution in [1.82, 2.24) is 29.2 Å². The Bertz CT molecular complexity index is 1400. The van der Waals surface area contributed by atoms with Gasteiger partial charge < -0.3 is 5.32 Å². The van der Waals surface area contributed by atoms with E-state index < -0.39 is 0 Å². The molecule has 0 radical (unpaired) electrons. The number of anilines is 1. The smallest absolute Gasteiger partial charge is 0.177 e. The molecule has 0 aliphatic heterocycles. The van der Waals surface area contributed by atoms with Gasteiger partial charge in [0.05, 0.1) is 28.8 Å². The van der Waals surface area contributed by atoms with Crippen LogP contribution in [0.25, 0.3) is 22.3 Å². The highest BCUT2D eigenvalue weighted by Crippen LogP contribution is 2.26. The zero-order valence-electron chi connectivity index (χ0n) is 15.4. The monoisotopic (exact) mass is 368 g/mol. The fraction of sp³-hybridized carbons (Fsp3) is 0.150. The zero-order valence-corrected chi connectivity index (χ0v) is 15.4. The SMILES string of the molecule is Cc1ccc2nnc(CNc3cc(C)c(C#N)c4nc5ccccc5n34)n2n1. The van der Waals surface area contributed by atoms with Crippen molar-refractivity contribution in [2.24, 2.45) is 0 Å². The van der Waals surface area contributed by atoms with Crippen LogP contribution in [0.5, 0.6) is 0 Å². The molecule has 5 aromatic rings. The van der Waals surface area contributed by atoms with Gasteiger partial charge in [-0.3, -0.25) is 4.40 Å². The van der Waals surface area contributed by atoms with Crippen LogP contribution in [0, 0.1) is 25.2 Å². The molecule has 0 saturated carbocycles. The van der Waals surface area contributed by atoms with E-state index in [1.165, 1.54) is 0 Å². The quantitative estimate of drug-likeness (QED) is 0.526. The molecule has 0 fully saturated rings. The van der Waals surface area contributed by atoms with Gasteiger partial charge in [0.25, 0.3) is 0 Å². The van der Waals surface area contributed by atoms with Crippen molar-refractivity contribution < 1.29 is 0 Å². The predicted molar refractivity (Wildman–Crippen MR) is 105 cm³/mol. The van der Waals surface area contributed by atoms with E-state index in [2.05, 4.69) is 31.7 Å². The van der Waals surface area contributed by atoms with Crippen LogP contribution in [-0.2, 0) is 6.54 Å². The number of nitriles is 1. The third-order valence-corrected chi connectivity index (χ3v) is 4.77. The highest BCUT2D eigenvalue weighted by atomic mass is 15.4. The number of benzene rings is 1. The summed E-state index contributed by atoms with van der Waals surface area (Å²) in [5.41, 5.74) is 5.47. The fourth-order valence-corrected chi connectivity index (χ4v) is 3.43. The van der Waals surface area contributed by atoms with Crippen molar-refractivity contribution in [2.45, 2.75) is 20.4 Å².